The summed E-state index contributed by atoms with van der Waals surface area (Å²) in [6.45, 7) is -0.250. The van der Waals surface area contributed by atoms with Gasteiger partial charge in [-0.15, -0.1) is 6.42 Å². The molecule has 0 bridgehead atoms. The van der Waals surface area contributed by atoms with E-state index in [1.54, 1.807) is 32.4 Å². The third-order valence-corrected chi connectivity index (χ3v) is 4.92. The van der Waals surface area contributed by atoms with Crippen LogP contribution in [0.1, 0.15) is 28.3 Å². The molecule has 1 aliphatic rings. The second-order valence-electron chi connectivity index (χ2n) is 6.86. The van der Waals surface area contributed by atoms with E-state index in [1.807, 2.05) is 6.07 Å². The number of imidazole rings is 1. The number of carbonyl (C=O) groups is 1. The Balaban J connectivity index is 2.06. The van der Waals surface area contributed by atoms with Crippen LogP contribution in [0.5, 0.6) is 11.5 Å². The summed E-state index contributed by atoms with van der Waals surface area (Å²) < 4.78 is 11.1. The zero-order valence-corrected chi connectivity index (χ0v) is 17.5. The maximum absolute atomic E-state index is 13.5. The monoisotopic (exact) mass is 419 g/mol. The number of terminal acetylenes is 1. The molecule has 2 heterocycles. The van der Waals surface area contributed by atoms with Gasteiger partial charge in [-0.1, -0.05) is 11.8 Å². The van der Waals surface area contributed by atoms with Gasteiger partial charge in [-0.25, -0.2) is 0 Å². The zero-order chi connectivity index (χ0) is 22.6. The zero-order valence-electron chi connectivity index (χ0n) is 17.5. The number of amides is 1. The van der Waals surface area contributed by atoms with Crippen molar-refractivity contribution < 1.29 is 14.3 Å². The van der Waals surface area contributed by atoms with E-state index in [0.717, 1.165) is 0 Å². The Kier molecular flexibility index (Phi) is 6.17. The summed E-state index contributed by atoms with van der Waals surface area (Å²) in [5.74, 6) is 9.31. The summed E-state index contributed by atoms with van der Waals surface area (Å²) in [6.07, 6.45) is 5.38. The molecule has 158 valence electrons. The number of ether oxygens (including phenoxy) is 2. The summed E-state index contributed by atoms with van der Waals surface area (Å²) in [6, 6.07) is 7.18. The van der Waals surface area contributed by atoms with Crippen molar-refractivity contribution in [2.45, 2.75) is 6.42 Å². The molecule has 3 rings (SSSR count). The number of benzene rings is 1. The number of aromatic nitrogens is 2. The maximum Gasteiger partial charge on any atom is 0.283 e. The van der Waals surface area contributed by atoms with Gasteiger partial charge in [-0.2, -0.15) is 10.2 Å². The first-order valence-electron chi connectivity index (χ1n) is 9.37. The fourth-order valence-electron chi connectivity index (χ4n) is 3.36. The number of quaternary nitrogens is 1. The van der Waals surface area contributed by atoms with Gasteiger partial charge in [0.05, 0.1) is 39.8 Å². The van der Waals surface area contributed by atoms with Gasteiger partial charge in [0.25, 0.3) is 11.7 Å². The molecule has 1 aromatic heterocycles. The Morgan fingerprint density at radius 2 is 2.03 bits per heavy atom. The Morgan fingerprint density at radius 1 is 1.29 bits per heavy atom. The standard InChI is InChI=1S/C22H21N5O4/c1-5-12-26-15-27(29,13-6-11-23)21-20(22(26)28)25(2)19(24-21)10-8-16-7-9-17(30-3)18(14-16)31-4/h1,7,9,14H,6,12-13,15H2,2-4H3. The highest BCUT2D eigenvalue weighted by molar-refractivity contribution is 5.99. The lowest BCUT2D eigenvalue weighted by Gasteiger charge is -2.45. The minimum atomic E-state index is -0.942. The quantitative estimate of drug-likeness (QED) is 0.414. The number of nitrogens with zero attached hydrogens (tertiary/aromatic N) is 5. The topological polar surface area (TPSA) is 103 Å². The minimum absolute atomic E-state index is 0.00903. The molecule has 2 aromatic rings. The first kappa shape index (κ1) is 21.7. The number of fused-ring (bicyclic) bond motifs is 1. The molecule has 1 amide bonds. The number of hydrogen-bond acceptors (Lipinski definition) is 6. The summed E-state index contributed by atoms with van der Waals surface area (Å²) in [5, 5.41) is 22.4. The van der Waals surface area contributed by atoms with Crippen LogP contribution in [0.15, 0.2) is 18.2 Å². The van der Waals surface area contributed by atoms with Crippen LogP contribution in [0, 0.1) is 40.7 Å². The van der Waals surface area contributed by atoms with E-state index in [9.17, 15) is 10.0 Å². The van der Waals surface area contributed by atoms with E-state index in [0.29, 0.717) is 17.1 Å². The number of nitriles is 1. The average Bonchev–Trinajstić information content (AvgIpc) is 3.12. The Labute approximate surface area is 180 Å². The van der Waals surface area contributed by atoms with Crippen molar-refractivity contribution in [2.24, 2.45) is 7.05 Å². The lowest BCUT2D eigenvalue weighted by molar-refractivity contribution is 0.0650. The highest BCUT2D eigenvalue weighted by atomic mass is 16.6. The van der Waals surface area contributed by atoms with Gasteiger partial charge in [-0.3, -0.25) is 14.3 Å². The molecular formula is C22H21N5O4. The molecule has 31 heavy (non-hydrogen) atoms. The smallest absolute Gasteiger partial charge is 0.283 e. The van der Waals surface area contributed by atoms with Crippen molar-refractivity contribution in [3.63, 3.8) is 0 Å². The molecule has 0 saturated heterocycles. The van der Waals surface area contributed by atoms with Crippen LogP contribution in [-0.2, 0) is 7.05 Å². The van der Waals surface area contributed by atoms with Crippen molar-refractivity contribution in [1.82, 2.24) is 19.1 Å². The molecule has 0 spiro atoms. The predicted molar refractivity (Wildman–Crippen MR) is 114 cm³/mol. The van der Waals surface area contributed by atoms with Crippen LogP contribution in [0.3, 0.4) is 0 Å². The SMILES string of the molecule is C#CCN1C[N+]([O-])(CCC#N)c2nc(C#Cc3ccc(OC)c(OC)c3)n(C)c2C1=O. The highest BCUT2D eigenvalue weighted by Crippen LogP contribution is 2.33. The first-order valence-corrected chi connectivity index (χ1v) is 9.37. The van der Waals surface area contributed by atoms with Crippen LogP contribution in [0.2, 0.25) is 0 Å². The van der Waals surface area contributed by atoms with Crippen molar-refractivity contribution in [1.29, 1.82) is 5.26 Å². The number of carbonyl (C=O) groups excluding carboxylic acids is 1. The average molecular weight is 419 g/mol. The molecule has 1 aliphatic heterocycles. The second-order valence-corrected chi connectivity index (χ2v) is 6.86. The number of methoxy groups -OCH3 is 2. The Hall–Kier alpha value is -3.97. The fraction of sp³-hybridized carbons (Fsp3) is 0.318. The molecule has 1 atom stereocenters. The van der Waals surface area contributed by atoms with Gasteiger partial charge in [0.1, 0.15) is 0 Å². The van der Waals surface area contributed by atoms with Crippen molar-refractivity contribution >= 4 is 11.7 Å². The van der Waals surface area contributed by atoms with Gasteiger partial charge in [0.15, 0.2) is 29.7 Å². The number of hydroxylamine groups is 2. The summed E-state index contributed by atoms with van der Waals surface area (Å²) in [4.78, 5) is 18.6. The first-order chi connectivity index (χ1) is 14.9. The minimum Gasteiger partial charge on any atom is -0.625 e. The van der Waals surface area contributed by atoms with Crippen LogP contribution in [0.4, 0.5) is 5.82 Å². The van der Waals surface area contributed by atoms with E-state index in [2.05, 4.69) is 22.7 Å². The molecular weight excluding hydrogens is 398 g/mol. The van der Waals surface area contributed by atoms with Gasteiger partial charge in [0.2, 0.25) is 0 Å². The van der Waals surface area contributed by atoms with E-state index in [1.165, 1.54) is 16.6 Å². The second kappa shape index (κ2) is 8.81. The van der Waals surface area contributed by atoms with Crippen LogP contribution < -0.4 is 14.1 Å². The molecule has 9 heteroatoms. The predicted octanol–water partition coefficient (Wildman–Crippen LogP) is 1.60. The molecule has 0 radical (unpaired) electrons. The summed E-state index contributed by atoms with van der Waals surface area (Å²) in [5.41, 5.74) is 0.775. The fourth-order valence-corrected chi connectivity index (χ4v) is 3.36. The number of rotatable bonds is 5. The molecule has 0 N–H and O–H groups in total. The van der Waals surface area contributed by atoms with E-state index in [4.69, 9.17) is 21.2 Å². The third-order valence-electron chi connectivity index (χ3n) is 4.92. The van der Waals surface area contributed by atoms with Gasteiger partial charge in [-0.05, 0) is 24.1 Å². The van der Waals surface area contributed by atoms with Gasteiger partial charge in [0, 0.05) is 12.6 Å². The molecule has 1 unspecified atom stereocenters. The van der Waals surface area contributed by atoms with E-state index < -0.39 is 4.65 Å². The molecule has 0 aliphatic carbocycles. The van der Waals surface area contributed by atoms with Crippen LogP contribution in [0.25, 0.3) is 0 Å². The van der Waals surface area contributed by atoms with Crippen molar-refractivity contribution in [3.05, 3.63) is 40.5 Å². The summed E-state index contributed by atoms with van der Waals surface area (Å²) in [7, 11) is 4.70. The largest absolute Gasteiger partial charge is 0.625 e. The molecule has 9 nitrogen and oxygen atoms in total. The molecule has 0 fully saturated rings. The summed E-state index contributed by atoms with van der Waals surface area (Å²) >= 11 is 0. The van der Waals surface area contributed by atoms with Crippen LogP contribution in [-0.4, -0.2) is 54.3 Å². The Morgan fingerprint density at radius 3 is 2.68 bits per heavy atom. The van der Waals surface area contributed by atoms with Crippen LogP contribution >= 0.6 is 0 Å². The normalized spacial score (nSPS) is 17.1. The lowest BCUT2D eigenvalue weighted by Crippen LogP contribution is -2.58. The van der Waals surface area contributed by atoms with E-state index >= 15 is 0 Å². The Bertz CT molecular complexity index is 1160. The third kappa shape index (κ3) is 4.04. The number of hydrogen-bond donors (Lipinski definition) is 0. The highest BCUT2D eigenvalue weighted by Gasteiger charge is 2.42. The van der Waals surface area contributed by atoms with Crippen molar-refractivity contribution in [3.8, 4) is 41.8 Å². The molecule has 1 aromatic carbocycles. The van der Waals surface area contributed by atoms with Gasteiger partial charge < -0.3 is 19.2 Å². The lowest BCUT2D eigenvalue weighted by atomic mass is 10.2. The maximum atomic E-state index is 13.5. The molecule has 0 saturated carbocycles. The van der Waals surface area contributed by atoms with Gasteiger partial charge >= 0.3 is 0 Å². The van der Waals surface area contributed by atoms with E-state index in [-0.39, 0.29) is 49.4 Å². The van der Waals surface area contributed by atoms with Crippen molar-refractivity contribution in [2.75, 3.05) is 34.0 Å².